The van der Waals surface area contributed by atoms with E-state index in [0.29, 0.717) is 5.92 Å². The lowest BCUT2D eigenvalue weighted by Crippen LogP contribution is -2.56. The van der Waals surface area contributed by atoms with E-state index in [0.717, 1.165) is 56.4 Å². The van der Waals surface area contributed by atoms with E-state index in [2.05, 4.69) is 44.5 Å². The minimum Gasteiger partial charge on any atom is -0.464 e. The van der Waals surface area contributed by atoms with E-state index in [1.54, 1.807) is 0 Å². The maximum Gasteiger partial charge on any atom is 0.257 e. The molecule has 24 heavy (non-hydrogen) atoms. The lowest BCUT2D eigenvalue weighted by molar-refractivity contribution is 0.0401. The molecule has 2 heterocycles. The van der Waals surface area contributed by atoms with Gasteiger partial charge in [-0.2, -0.15) is 0 Å². The van der Waals surface area contributed by atoms with Gasteiger partial charge in [-0.05, 0) is 39.0 Å². The Morgan fingerprint density at radius 2 is 2.00 bits per heavy atom. The van der Waals surface area contributed by atoms with Gasteiger partial charge in [0.05, 0.1) is 12.1 Å². The Kier molecular flexibility index (Phi) is 6.47. The van der Waals surface area contributed by atoms with Crippen LogP contribution in [0.4, 0.5) is 0 Å². The quantitative estimate of drug-likeness (QED) is 0.801. The molecule has 5 nitrogen and oxygen atoms in total. The number of carbonyl (C=O) groups excluding carboxylic acids is 1. The molecule has 1 aromatic rings. The Hall–Kier alpha value is -1.33. The van der Waals surface area contributed by atoms with Crippen LogP contribution < -0.4 is 0 Å². The fourth-order valence-electron chi connectivity index (χ4n) is 3.43. The number of nitrogens with zero attached hydrogens (tertiary/aromatic N) is 3. The first kappa shape index (κ1) is 19.0. The van der Waals surface area contributed by atoms with Crippen LogP contribution in [0.5, 0.6) is 0 Å². The van der Waals surface area contributed by atoms with Crippen molar-refractivity contribution in [1.29, 1.82) is 0 Å². The zero-order valence-electron chi connectivity index (χ0n) is 16.1. The third kappa shape index (κ3) is 4.19. The van der Waals surface area contributed by atoms with Gasteiger partial charge in [0.25, 0.3) is 5.91 Å². The molecule has 0 saturated carbocycles. The standard InChI is InChI=1S/C19H33N3O2/c1-7-21(8-2)12-16-11-17(15(5)24-16)19(23)22-10-9-20(6)13-18(22)14(3)4/h11,14,18H,7-10,12-13H2,1-6H3/t18-/m1/s1. The van der Waals surface area contributed by atoms with Gasteiger partial charge in [0.1, 0.15) is 11.5 Å². The summed E-state index contributed by atoms with van der Waals surface area (Å²) in [6, 6.07) is 2.21. The minimum absolute atomic E-state index is 0.119. The van der Waals surface area contributed by atoms with Crippen LogP contribution in [0.25, 0.3) is 0 Å². The van der Waals surface area contributed by atoms with E-state index in [1.807, 2.05) is 17.9 Å². The molecule has 1 amide bonds. The predicted molar refractivity (Wildman–Crippen MR) is 97.2 cm³/mol. The highest BCUT2D eigenvalue weighted by Gasteiger charge is 2.33. The van der Waals surface area contributed by atoms with Crippen molar-refractivity contribution in [3.05, 3.63) is 23.2 Å². The SMILES string of the molecule is CCN(CC)Cc1cc(C(=O)N2CCN(C)C[C@@H]2C(C)C)c(C)o1. The van der Waals surface area contributed by atoms with Crippen molar-refractivity contribution < 1.29 is 9.21 Å². The van der Waals surface area contributed by atoms with Crippen LogP contribution in [0.1, 0.15) is 49.6 Å². The van der Waals surface area contributed by atoms with E-state index in [4.69, 9.17) is 4.42 Å². The monoisotopic (exact) mass is 335 g/mol. The molecular formula is C19H33N3O2. The number of hydrogen-bond donors (Lipinski definition) is 0. The molecule has 1 aliphatic heterocycles. The second kappa shape index (κ2) is 8.17. The van der Waals surface area contributed by atoms with E-state index in [-0.39, 0.29) is 11.9 Å². The summed E-state index contributed by atoms with van der Waals surface area (Å²) < 4.78 is 5.88. The summed E-state index contributed by atoms with van der Waals surface area (Å²) in [5, 5.41) is 0. The fourth-order valence-corrected chi connectivity index (χ4v) is 3.43. The second-order valence-electron chi connectivity index (χ2n) is 7.22. The van der Waals surface area contributed by atoms with Crippen LogP contribution in [0.3, 0.4) is 0 Å². The summed E-state index contributed by atoms with van der Waals surface area (Å²) in [5.74, 6) is 2.19. The van der Waals surface area contributed by atoms with Gasteiger partial charge in [-0.1, -0.05) is 27.7 Å². The molecule has 1 aromatic heterocycles. The van der Waals surface area contributed by atoms with Gasteiger partial charge in [0, 0.05) is 25.7 Å². The highest BCUT2D eigenvalue weighted by molar-refractivity contribution is 5.95. The van der Waals surface area contributed by atoms with Crippen molar-refractivity contribution in [2.24, 2.45) is 5.92 Å². The molecule has 1 saturated heterocycles. The lowest BCUT2D eigenvalue weighted by atomic mass is 9.98. The van der Waals surface area contributed by atoms with E-state index in [1.165, 1.54) is 0 Å². The van der Waals surface area contributed by atoms with Crippen molar-refractivity contribution in [1.82, 2.24) is 14.7 Å². The summed E-state index contributed by atoms with van der Waals surface area (Å²) >= 11 is 0. The van der Waals surface area contributed by atoms with E-state index in [9.17, 15) is 4.79 Å². The minimum atomic E-state index is 0.119. The molecule has 0 unspecified atom stereocenters. The van der Waals surface area contributed by atoms with Crippen LogP contribution in [0.2, 0.25) is 0 Å². The number of rotatable bonds is 6. The second-order valence-corrected chi connectivity index (χ2v) is 7.22. The van der Waals surface area contributed by atoms with E-state index < -0.39 is 0 Å². The number of carbonyl (C=O) groups is 1. The van der Waals surface area contributed by atoms with Gasteiger partial charge in [-0.15, -0.1) is 0 Å². The number of amides is 1. The summed E-state index contributed by atoms with van der Waals surface area (Å²) in [6.07, 6.45) is 0. The van der Waals surface area contributed by atoms with Crippen LogP contribution >= 0.6 is 0 Å². The van der Waals surface area contributed by atoms with Crippen LogP contribution in [-0.4, -0.2) is 66.4 Å². The number of piperazine rings is 1. The topological polar surface area (TPSA) is 39.9 Å². The highest BCUT2D eigenvalue weighted by atomic mass is 16.3. The Balaban J connectivity index is 2.18. The molecule has 0 aliphatic carbocycles. The first-order valence-electron chi connectivity index (χ1n) is 9.18. The van der Waals surface area contributed by atoms with Crippen molar-refractivity contribution in [3.8, 4) is 0 Å². The average Bonchev–Trinajstić information content (AvgIpc) is 2.92. The van der Waals surface area contributed by atoms with Gasteiger partial charge in [-0.3, -0.25) is 9.69 Å². The third-order valence-electron chi connectivity index (χ3n) is 5.13. The number of aryl methyl sites for hydroxylation is 1. The van der Waals surface area contributed by atoms with Gasteiger partial charge in [-0.25, -0.2) is 0 Å². The summed E-state index contributed by atoms with van der Waals surface area (Å²) in [6.45, 7) is 15.9. The Bertz CT molecular complexity index is 549. The summed E-state index contributed by atoms with van der Waals surface area (Å²) in [5.41, 5.74) is 0.729. The normalized spacial score (nSPS) is 19.5. The Morgan fingerprint density at radius 1 is 1.33 bits per heavy atom. The van der Waals surface area contributed by atoms with Gasteiger partial charge in [0.15, 0.2) is 0 Å². The van der Waals surface area contributed by atoms with Gasteiger partial charge < -0.3 is 14.2 Å². The molecule has 0 radical (unpaired) electrons. The summed E-state index contributed by atoms with van der Waals surface area (Å²) in [4.78, 5) is 19.8. The first-order valence-corrected chi connectivity index (χ1v) is 9.18. The van der Waals surface area contributed by atoms with Crippen LogP contribution in [0.15, 0.2) is 10.5 Å². The molecule has 0 bridgehead atoms. The zero-order chi connectivity index (χ0) is 17.9. The number of hydrogen-bond acceptors (Lipinski definition) is 4. The third-order valence-corrected chi connectivity index (χ3v) is 5.13. The average molecular weight is 335 g/mol. The maximum absolute atomic E-state index is 13.1. The first-order chi connectivity index (χ1) is 11.4. The number of furan rings is 1. The zero-order valence-corrected chi connectivity index (χ0v) is 16.1. The van der Waals surface area contributed by atoms with Gasteiger partial charge in [0.2, 0.25) is 0 Å². The molecule has 0 spiro atoms. The molecule has 1 aliphatic rings. The molecule has 136 valence electrons. The van der Waals surface area contributed by atoms with Crippen molar-refractivity contribution in [3.63, 3.8) is 0 Å². The maximum atomic E-state index is 13.1. The smallest absolute Gasteiger partial charge is 0.257 e. The van der Waals surface area contributed by atoms with E-state index >= 15 is 0 Å². The molecule has 5 heteroatoms. The molecule has 1 atom stereocenters. The number of likely N-dealkylation sites (N-methyl/N-ethyl adjacent to an activating group) is 1. The van der Waals surface area contributed by atoms with Crippen LogP contribution in [0, 0.1) is 12.8 Å². The molecule has 1 fully saturated rings. The van der Waals surface area contributed by atoms with Crippen molar-refractivity contribution in [2.45, 2.75) is 47.2 Å². The molecular weight excluding hydrogens is 302 g/mol. The van der Waals surface area contributed by atoms with Crippen molar-refractivity contribution >= 4 is 5.91 Å². The van der Waals surface area contributed by atoms with Gasteiger partial charge >= 0.3 is 0 Å². The van der Waals surface area contributed by atoms with Crippen molar-refractivity contribution in [2.75, 3.05) is 39.8 Å². The lowest BCUT2D eigenvalue weighted by Gasteiger charge is -2.42. The molecule has 0 N–H and O–H groups in total. The predicted octanol–water partition coefficient (Wildman–Crippen LogP) is 2.84. The Morgan fingerprint density at radius 3 is 2.58 bits per heavy atom. The Labute approximate surface area is 146 Å². The molecule has 2 rings (SSSR count). The van der Waals surface area contributed by atoms with Crippen LogP contribution in [-0.2, 0) is 6.54 Å². The highest BCUT2D eigenvalue weighted by Crippen LogP contribution is 2.23. The molecule has 0 aromatic carbocycles. The largest absolute Gasteiger partial charge is 0.464 e. The summed E-state index contributed by atoms with van der Waals surface area (Å²) in [7, 11) is 2.13. The fraction of sp³-hybridized carbons (Fsp3) is 0.737.